The summed E-state index contributed by atoms with van der Waals surface area (Å²) in [6.45, 7) is 12.8. The third kappa shape index (κ3) is 2.65. The van der Waals surface area contributed by atoms with E-state index in [1.54, 1.807) is 0 Å². The molecule has 1 saturated heterocycles. The van der Waals surface area contributed by atoms with E-state index in [0.717, 1.165) is 18.2 Å². The first kappa shape index (κ1) is 12.9. The molecule has 0 amide bonds. The molecule has 1 saturated carbocycles. The van der Waals surface area contributed by atoms with Gasteiger partial charge in [-0.1, -0.05) is 26.8 Å². The van der Waals surface area contributed by atoms with E-state index < -0.39 is 0 Å². The van der Waals surface area contributed by atoms with Crippen molar-refractivity contribution in [2.45, 2.75) is 46.1 Å². The summed E-state index contributed by atoms with van der Waals surface area (Å²) in [6, 6.07) is 0.633. The van der Waals surface area contributed by atoms with Crippen LogP contribution >= 0.6 is 12.2 Å². The van der Waals surface area contributed by atoms with Crippen molar-refractivity contribution < 1.29 is 0 Å². The average molecular weight is 252 g/mol. The lowest BCUT2D eigenvalue weighted by Crippen LogP contribution is -2.43. The van der Waals surface area contributed by atoms with Crippen LogP contribution < -0.4 is 5.32 Å². The first-order valence-electron chi connectivity index (χ1n) is 6.51. The molecule has 2 rings (SSSR count). The van der Waals surface area contributed by atoms with Gasteiger partial charge in [0, 0.05) is 19.1 Å². The molecule has 2 fully saturated rings. The SMILES string of the molecule is C=CCNC(=S)N1C[C@@]2(C)C[C@@H]1CC(C)(C)C2. The van der Waals surface area contributed by atoms with Crippen LogP contribution in [-0.2, 0) is 0 Å². The van der Waals surface area contributed by atoms with E-state index in [4.69, 9.17) is 12.2 Å². The van der Waals surface area contributed by atoms with Crippen LogP contribution in [0.4, 0.5) is 0 Å². The largest absolute Gasteiger partial charge is 0.359 e. The minimum Gasteiger partial charge on any atom is -0.359 e. The average Bonchev–Trinajstić information content (AvgIpc) is 2.44. The van der Waals surface area contributed by atoms with Gasteiger partial charge in [0.15, 0.2) is 5.11 Å². The molecule has 1 N–H and O–H groups in total. The van der Waals surface area contributed by atoms with Gasteiger partial charge in [0.2, 0.25) is 0 Å². The molecule has 96 valence electrons. The van der Waals surface area contributed by atoms with Crippen molar-refractivity contribution in [3.8, 4) is 0 Å². The zero-order valence-electron chi connectivity index (χ0n) is 11.3. The molecule has 1 aliphatic heterocycles. The minimum atomic E-state index is 0.451. The summed E-state index contributed by atoms with van der Waals surface area (Å²) >= 11 is 5.49. The molecule has 0 spiro atoms. The molecule has 1 heterocycles. The van der Waals surface area contributed by atoms with E-state index in [1.807, 2.05) is 6.08 Å². The fourth-order valence-corrected chi connectivity index (χ4v) is 4.26. The van der Waals surface area contributed by atoms with Gasteiger partial charge in [-0.25, -0.2) is 0 Å². The predicted molar refractivity (Wildman–Crippen MR) is 77.0 cm³/mol. The first-order valence-corrected chi connectivity index (χ1v) is 6.91. The van der Waals surface area contributed by atoms with E-state index in [-0.39, 0.29) is 0 Å². The number of thiocarbonyl (C=S) groups is 1. The lowest BCUT2D eigenvalue weighted by atomic mass is 9.65. The highest BCUT2D eigenvalue weighted by Crippen LogP contribution is 2.52. The highest BCUT2D eigenvalue weighted by Gasteiger charge is 2.50. The molecule has 0 aromatic rings. The summed E-state index contributed by atoms with van der Waals surface area (Å²) in [5.41, 5.74) is 0.910. The fraction of sp³-hybridized carbons (Fsp3) is 0.786. The Morgan fingerprint density at radius 1 is 1.47 bits per heavy atom. The Hall–Kier alpha value is -0.570. The van der Waals surface area contributed by atoms with Crippen LogP contribution in [0.25, 0.3) is 0 Å². The maximum absolute atomic E-state index is 5.49. The molecule has 1 aliphatic carbocycles. The Labute approximate surface area is 110 Å². The molecular weight excluding hydrogens is 228 g/mol. The van der Waals surface area contributed by atoms with Gasteiger partial charge >= 0.3 is 0 Å². The van der Waals surface area contributed by atoms with E-state index >= 15 is 0 Å². The van der Waals surface area contributed by atoms with E-state index in [2.05, 4.69) is 37.6 Å². The van der Waals surface area contributed by atoms with Gasteiger partial charge in [-0.15, -0.1) is 6.58 Å². The lowest BCUT2D eigenvalue weighted by Gasteiger charge is -2.39. The lowest BCUT2D eigenvalue weighted by molar-refractivity contribution is 0.132. The van der Waals surface area contributed by atoms with Gasteiger partial charge in [0.25, 0.3) is 0 Å². The number of nitrogens with zero attached hydrogens (tertiary/aromatic N) is 1. The highest BCUT2D eigenvalue weighted by atomic mass is 32.1. The van der Waals surface area contributed by atoms with Crippen LogP contribution in [0.1, 0.15) is 40.0 Å². The van der Waals surface area contributed by atoms with Gasteiger partial charge < -0.3 is 10.2 Å². The Morgan fingerprint density at radius 2 is 2.18 bits per heavy atom. The summed E-state index contributed by atoms with van der Waals surface area (Å²) in [7, 11) is 0. The third-order valence-electron chi connectivity index (χ3n) is 4.07. The van der Waals surface area contributed by atoms with Crippen LogP contribution in [0.2, 0.25) is 0 Å². The summed E-state index contributed by atoms with van der Waals surface area (Å²) < 4.78 is 0. The zero-order valence-corrected chi connectivity index (χ0v) is 12.1. The maximum Gasteiger partial charge on any atom is 0.169 e. The van der Waals surface area contributed by atoms with Crippen molar-refractivity contribution >= 4 is 17.3 Å². The van der Waals surface area contributed by atoms with Crippen molar-refractivity contribution in [1.82, 2.24) is 10.2 Å². The number of rotatable bonds is 2. The minimum absolute atomic E-state index is 0.451. The Kier molecular flexibility index (Phi) is 3.23. The summed E-state index contributed by atoms with van der Waals surface area (Å²) in [4.78, 5) is 2.41. The summed E-state index contributed by atoms with van der Waals surface area (Å²) in [6.07, 6.45) is 5.74. The van der Waals surface area contributed by atoms with Crippen LogP contribution in [0.5, 0.6) is 0 Å². The maximum atomic E-state index is 5.49. The predicted octanol–water partition coefficient (Wildman–Crippen LogP) is 2.95. The Morgan fingerprint density at radius 3 is 2.82 bits per heavy atom. The van der Waals surface area contributed by atoms with Gasteiger partial charge in [-0.05, 0) is 42.3 Å². The number of hydrogen-bond donors (Lipinski definition) is 1. The van der Waals surface area contributed by atoms with Crippen LogP contribution in [0.3, 0.4) is 0 Å². The standard InChI is InChI=1S/C14H24N2S/c1-5-6-15-12(17)16-10-14(4)8-11(16)7-13(2,3)9-14/h5,11H,1,6-10H2,2-4H3,(H,15,17)/t11-,14-/m0/s1. The normalized spacial score (nSPS) is 34.5. The van der Waals surface area contributed by atoms with Crippen molar-refractivity contribution in [1.29, 1.82) is 0 Å². The number of hydrogen-bond acceptors (Lipinski definition) is 1. The quantitative estimate of drug-likeness (QED) is 0.601. The van der Waals surface area contributed by atoms with Gasteiger partial charge in [0.05, 0.1) is 0 Å². The molecule has 2 bridgehead atoms. The molecule has 2 nitrogen and oxygen atoms in total. The van der Waals surface area contributed by atoms with Gasteiger partial charge in [0.1, 0.15) is 0 Å². The number of nitrogens with one attached hydrogen (secondary N) is 1. The van der Waals surface area contributed by atoms with E-state index in [1.165, 1.54) is 19.3 Å². The molecule has 0 aromatic heterocycles. The van der Waals surface area contributed by atoms with Crippen LogP contribution in [0.15, 0.2) is 12.7 Å². The number of fused-ring (bicyclic) bond motifs is 2. The van der Waals surface area contributed by atoms with Crippen LogP contribution in [-0.4, -0.2) is 29.1 Å². The second-order valence-electron chi connectivity index (χ2n) is 6.82. The third-order valence-corrected chi connectivity index (χ3v) is 4.45. The van der Waals surface area contributed by atoms with E-state index in [9.17, 15) is 0 Å². The highest BCUT2D eigenvalue weighted by molar-refractivity contribution is 7.80. The Balaban J connectivity index is 2.08. The summed E-state index contributed by atoms with van der Waals surface area (Å²) in [5, 5.41) is 4.18. The zero-order chi connectivity index (χ0) is 12.7. The van der Waals surface area contributed by atoms with Crippen molar-refractivity contribution in [2.24, 2.45) is 10.8 Å². The van der Waals surface area contributed by atoms with Crippen molar-refractivity contribution in [3.63, 3.8) is 0 Å². The smallest absolute Gasteiger partial charge is 0.169 e. The molecule has 3 heteroatoms. The molecule has 2 aliphatic rings. The second kappa shape index (κ2) is 4.27. The molecule has 0 unspecified atom stereocenters. The molecular formula is C14H24N2S. The van der Waals surface area contributed by atoms with Gasteiger partial charge in [-0.2, -0.15) is 0 Å². The summed E-state index contributed by atoms with van der Waals surface area (Å²) in [5.74, 6) is 0. The van der Waals surface area contributed by atoms with E-state index in [0.29, 0.717) is 16.9 Å². The molecule has 0 aromatic carbocycles. The van der Waals surface area contributed by atoms with Crippen LogP contribution in [0, 0.1) is 10.8 Å². The fourth-order valence-electron chi connectivity index (χ4n) is 3.96. The molecule has 17 heavy (non-hydrogen) atoms. The monoisotopic (exact) mass is 252 g/mol. The number of likely N-dealkylation sites (tertiary alicyclic amines) is 1. The molecule has 0 radical (unpaired) electrons. The van der Waals surface area contributed by atoms with Gasteiger partial charge in [-0.3, -0.25) is 0 Å². The van der Waals surface area contributed by atoms with Crippen molar-refractivity contribution in [3.05, 3.63) is 12.7 Å². The first-order chi connectivity index (χ1) is 7.85. The van der Waals surface area contributed by atoms with Crippen molar-refractivity contribution in [2.75, 3.05) is 13.1 Å². The Bertz CT molecular complexity index is 337. The topological polar surface area (TPSA) is 15.3 Å². The molecule has 2 atom stereocenters. The second-order valence-corrected chi connectivity index (χ2v) is 7.20.